The highest BCUT2D eigenvalue weighted by atomic mass is 16.7. The Kier molecular flexibility index (Phi) is 11.9. The van der Waals surface area contributed by atoms with E-state index in [0.29, 0.717) is 0 Å². The summed E-state index contributed by atoms with van der Waals surface area (Å²) in [7, 11) is 0. The molecule has 3 aromatic rings. The van der Waals surface area contributed by atoms with Gasteiger partial charge in [-0.15, -0.1) is 0 Å². The Labute approximate surface area is 312 Å². The van der Waals surface area contributed by atoms with E-state index in [0.717, 1.165) is 30.3 Å². The van der Waals surface area contributed by atoms with Crippen LogP contribution in [0, 0.1) is 0 Å². The second-order valence-electron chi connectivity index (χ2n) is 13.1. The molecule has 23 heteroatoms. The van der Waals surface area contributed by atoms with E-state index < -0.39 is 162 Å². The maximum absolute atomic E-state index is 14.1. The molecule has 0 bridgehead atoms. The van der Waals surface area contributed by atoms with Gasteiger partial charge in [-0.3, -0.25) is 4.79 Å². The molecule has 0 amide bonds. The number of aliphatic hydroxyl groups is 10. The molecule has 2 aromatic carbocycles. The topological polar surface area (TPSA) is 386 Å². The van der Waals surface area contributed by atoms with E-state index in [1.807, 2.05) is 0 Å². The molecular weight excluding hydrogens is 764 g/mol. The number of aliphatic carboxylic acids is 1. The summed E-state index contributed by atoms with van der Waals surface area (Å²) in [4.78, 5) is 25.6. The Morgan fingerprint density at radius 2 is 1.23 bits per heavy atom. The van der Waals surface area contributed by atoms with E-state index in [9.17, 15) is 81.1 Å². The zero-order valence-electron chi connectivity index (χ0n) is 28.4. The Morgan fingerprint density at radius 1 is 0.643 bits per heavy atom. The minimum absolute atomic E-state index is 0.180. The molecule has 3 saturated heterocycles. The van der Waals surface area contributed by atoms with Crippen LogP contribution >= 0.6 is 0 Å². The number of aliphatic hydroxyl groups excluding tert-OH is 10. The standard InChI is InChI=1S/C33H38O23/c34-6-14-17(38)20(41)24(45)31(53-14)50-7-15-18(39)21(42)25(46)33(54-15)55-28-19(40)16-12(37)4-9(51-32-26(47)22(43)23(44)29(56-32)30(48)49)5-13(16)52-27(28)8-1-2-10(35)11(36)3-8/h1-5,14-15,17-18,20-26,29,31-39,41-47H,6-7H2,(H,48,49). The summed E-state index contributed by atoms with van der Waals surface area (Å²) in [5.41, 5.74) is -1.87. The van der Waals surface area contributed by atoms with Gasteiger partial charge >= 0.3 is 5.97 Å². The molecule has 3 aliphatic heterocycles. The lowest BCUT2D eigenvalue weighted by Crippen LogP contribution is -2.62. The SMILES string of the molecule is O=C(O)C1OC(Oc2cc(O)c3c(=O)c(OC4OC(COC5OC(CO)C(O)C(O)C5O)C(O)C(O)C4O)c(-c4ccc(O)c(O)c4)oc3c2)C(O)C(O)C1O. The molecule has 15 atom stereocenters. The Bertz CT molecular complexity index is 1950. The molecule has 308 valence electrons. The van der Waals surface area contributed by atoms with Gasteiger partial charge in [0.1, 0.15) is 89.6 Å². The van der Waals surface area contributed by atoms with Crippen LogP contribution in [-0.2, 0) is 23.7 Å². The molecule has 23 nitrogen and oxygen atoms in total. The Morgan fingerprint density at radius 3 is 1.86 bits per heavy atom. The van der Waals surface area contributed by atoms with E-state index in [-0.39, 0.29) is 5.56 Å². The quantitative estimate of drug-likeness (QED) is 0.0852. The first-order valence-electron chi connectivity index (χ1n) is 16.7. The highest BCUT2D eigenvalue weighted by Crippen LogP contribution is 2.40. The molecular formula is C33H38O23. The van der Waals surface area contributed by atoms with Gasteiger partial charge in [0.15, 0.2) is 29.7 Å². The van der Waals surface area contributed by atoms with Crippen LogP contribution in [0.5, 0.6) is 28.7 Å². The number of fused-ring (bicyclic) bond motifs is 1. The first-order valence-corrected chi connectivity index (χ1v) is 16.7. The van der Waals surface area contributed by atoms with Crippen LogP contribution in [0.25, 0.3) is 22.3 Å². The van der Waals surface area contributed by atoms with Crippen LogP contribution in [0.2, 0.25) is 0 Å². The summed E-state index contributed by atoms with van der Waals surface area (Å²) < 4.78 is 38.5. The van der Waals surface area contributed by atoms with Crippen molar-refractivity contribution in [2.24, 2.45) is 0 Å². The van der Waals surface area contributed by atoms with Gasteiger partial charge in [0.2, 0.25) is 23.8 Å². The summed E-state index contributed by atoms with van der Waals surface area (Å²) in [5, 5.41) is 142. The molecule has 1 aromatic heterocycles. The molecule has 0 radical (unpaired) electrons. The molecule has 0 aliphatic carbocycles. The second-order valence-corrected chi connectivity index (χ2v) is 13.1. The van der Waals surface area contributed by atoms with Crippen molar-refractivity contribution >= 4 is 16.9 Å². The van der Waals surface area contributed by atoms with Gasteiger partial charge in [0, 0.05) is 17.7 Å². The van der Waals surface area contributed by atoms with Crippen LogP contribution in [0.3, 0.4) is 0 Å². The van der Waals surface area contributed by atoms with E-state index >= 15 is 0 Å². The van der Waals surface area contributed by atoms with E-state index in [2.05, 4.69) is 0 Å². The number of phenolic OH excluding ortho intramolecular Hbond substituents is 3. The number of carboxylic acids is 1. The molecule has 14 N–H and O–H groups in total. The number of ether oxygens (including phenoxy) is 6. The van der Waals surface area contributed by atoms with Crippen LogP contribution < -0.4 is 14.9 Å². The molecule has 0 spiro atoms. The number of carboxylic acid groups (broad SMARTS) is 1. The monoisotopic (exact) mass is 802 g/mol. The predicted molar refractivity (Wildman–Crippen MR) is 175 cm³/mol. The first kappa shape index (κ1) is 41.2. The normalized spacial score (nSPS) is 36.3. The van der Waals surface area contributed by atoms with Gasteiger partial charge in [-0.1, -0.05) is 0 Å². The fraction of sp³-hybridized carbons (Fsp3) is 0.515. The highest BCUT2D eigenvalue weighted by molar-refractivity contribution is 5.88. The third kappa shape index (κ3) is 7.65. The number of rotatable bonds is 10. The highest BCUT2D eigenvalue weighted by Gasteiger charge is 2.50. The van der Waals surface area contributed by atoms with Crippen molar-refractivity contribution in [3.05, 3.63) is 40.6 Å². The zero-order chi connectivity index (χ0) is 40.9. The van der Waals surface area contributed by atoms with Gasteiger partial charge in [-0.2, -0.15) is 0 Å². The van der Waals surface area contributed by atoms with Crippen molar-refractivity contribution in [1.82, 2.24) is 0 Å². The number of hydrogen-bond acceptors (Lipinski definition) is 22. The van der Waals surface area contributed by atoms with Crippen molar-refractivity contribution in [2.45, 2.75) is 92.1 Å². The van der Waals surface area contributed by atoms with E-state index in [1.54, 1.807) is 0 Å². The average Bonchev–Trinajstić information content (AvgIpc) is 3.16. The molecule has 3 fully saturated rings. The van der Waals surface area contributed by atoms with Crippen molar-refractivity contribution in [2.75, 3.05) is 13.2 Å². The number of aromatic hydroxyl groups is 3. The van der Waals surface area contributed by atoms with Gasteiger partial charge in [-0.05, 0) is 18.2 Å². The lowest BCUT2D eigenvalue weighted by Gasteiger charge is -2.42. The Hall–Kier alpha value is -4.44. The summed E-state index contributed by atoms with van der Waals surface area (Å²) in [6.45, 7) is -1.54. The average molecular weight is 803 g/mol. The van der Waals surface area contributed by atoms with Gasteiger partial charge in [0.25, 0.3) is 0 Å². The lowest BCUT2D eigenvalue weighted by molar-refractivity contribution is -0.323. The fourth-order valence-corrected chi connectivity index (χ4v) is 6.23. The van der Waals surface area contributed by atoms with Gasteiger partial charge < -0.3 is 104 Å². The predicted octanol–water partition coefficient (Wildman–Crippen LogP) is -5.15. The third-order valence-corrected chi connectivity index (χ3v) is 9.38. The fourth-order valence-electron chi connectivity index (χ4n) is 6.23. The smallest absolute Gasteiger partial charge is 0.335 e. The van der Waals surface area contributed by atoms with Crippen LogP contribution in [0.4, 0.5) is 0 Å². The van der Waals surface area contributed by atoms with E-state index in [1.165, 1.54) is 0 Å². The van der Waals surface area contributed by atoms with E-state index in [4.69, 9.17) is 32.8 Å². The number of hydrogen-bond donors (Lipinski definition) is 14. The summed E-state index contributed by atoms with van der Waals surface area (Å²) in [6.07, 6.45) is -28.3. The van der Waals surface area contributed by atoms with Crippen molar-refractivity contribution in [1.29, 1.82) is 0 Å². The summed E-state index contributed by atoms with van der Waals surface area (Å²) >= 11 is 0. The number of phenols is 3. The second kappa shape index (κ2) is 16.2. The molecule has 3 aliphatic rings. The molecule has 15 unspecified atom stereocenters. The van der Waals surface area contributed by atoms with Gasteiger partial charge in [0.05, 0.1) is 13.2 Å². The minimum Gasteiger partial charge on any atom is -0.507 e. The number of benzene rings is 2. The van der Waals surface area contributed by atoms with Gasteiger partial charge in [-0.25, -0.2) is 4.79 Å². The van der Waals surface area contributed by atoms with Crippen molar-refractivity contribution in [3.63, 3.8) is 0 Å². The van der Waals surface area contributed by atoms with Crippen molar-refractivity contribution < 1.29 is 109 Å². The first-order chi connectivity index (χ1) is 26.4. The lowest BCUT2D eigenvalue weighted by atomic mass is 9.98. The minimum atomic E-state index is -2.11. The maximum atomic E-state index is 14.1. The molecule has 4 heterocycles. The van der Waals surface area contributed by atoms with Crippen LogP contribution in [0.15, 0.2) is 39.5 Å². The largest absolute Gasteiger partial charge is 0.507 e. The summed E-state index contributed by atoms with van der Waals surface area (Å²) in [6, 6.07) is 4.83. The van der Waals surface area contributed by atoms with Crippen LogP contribution in [0.1, 0.15) is 0 Å². The molecule has 0 saturated carbocycles. The molecule has 56 heavy (non-hydrogen) atoms. The maximum Gasteiger partial charge on any atom is 0.335 e. The summed E-state index contributed by atoms with van der Waals surface area (Å²) in [5.74, 6) is -5.77. The zero-order valence-corrected chi connectivity index (χ0v) is 28.4. The van der Waals surface area contributed by atoms with Crippen molar-refractivity contribution in [3.8, 4) is 40.1 Å². The third-order valence-electron chi connectivity index (χ3n) is 9.38. The number of carbonyl (C=O) groups is 1. The molecule has 6 rings (SSSR count). The van der Waals surface area contributed by atoms with Crippen LogP contribution in [-0.4, -0.2) is 183 Å². The Balaban J connectivity index is 1.33.